The van der Waals surface area contributed by atoms with Crippen LogP contribution < -0.4 is 10.6 Å². The van der Waals surface area contributed by atoms with Crippen molar-refractivity contribution in [2.24, 2.45) is 5.92 Å². The molecule has 0 unspecified atom stereocenters. The van der Waals surface area contributed by atoms with Gasteiger partial charge in [0.2, 0.25) is 17.7 Å². The maximum Gasteiger partial charge on any atom is 0.332 e. The first-order chi connectivity index (χ1) is 21.8. The van der Waals surface area contributed by atoms with Crippen LogP contribution in [0.4, 0.5) is 0 Å². The van der Waals surface area contributed by atoms with Crippen LogP contribution in [-0.4, -0.2) is 87.8 Å². The first-order valence-electron chi connectivity index (χ1n) is 16.1. The van der Waals surface area contributed by atoms with Crippen molar-refractivity contribution < 1.29 is 33.1 Å². The van der Waals surface area contributed by atoms with Gasteiger partial charge in [-0.2, -0.15) is 0 Å². The SMILES string of the molecule is COP(=O)(C[C@H](O)[C@H](CC1CCCCC1)NC(=O)[C@H](Cc1cnc[nH]1)NC(=O)[C@H](Cc1ccccc1)N(C(C)=O)C(C)(C)C)OC. The van der Waals surface area contributed by atoms with Crippen LogP contribution in [0.5, 0.6) is 0 Å². The maximum atomic E-state index is 14.2. The summed E-state index contributed by atoms with van der Waals surface area (Å²) in [5.74, 6) is -1.00. The molecule has 1 heterocycles. The zero-order chi connectivity index (χ0) is 33.9. The summed E-state index contributed by atoms with van der Waals surface area (Å²) < 4.78 is 23.1. The van der Waals surface area contributed by atoms with Gasteiger partial charge in [-0.15, -0.1) is 0 Å². The molecule has 0 saturated heterocycles. The highest BCUT2D eigenvalue weighted by Gasteiger charge is 2.39. The Morgan fingerprint density at radius 2 is 1.70 bits per heavy atom. The van der Waals surface area contributed by atoms with Gasteiger partial charge in [-0.1, -0.05) is 62.4 Å². The fourth-order valence-corrected chi connectivity index (χ4v) is 7.51. The van der Waals surface area contributed by atoms with Crippen molar-refractivity contribution in [2.75, 3.05) is 20.4 Å². The number of aromatic nitrogens is 2. The number of hydrogen-bond acceptors (Lipinski definition) is 8. The summed E-state index contributed by atoms with van der Waals surface area (Å²) in [6.07, 6.45) is 7.57. The van der Waals surface area contributed by atoms with E-state index in [1.807, 2.05) is 51.1 Å². The molecule has 0 aliphatic heterocycles. The molecule has 13 heteroatoms. The molecule has 1 saturated carbocycles. The first kappa shape index (κ1) is 37.4. The molecule has 1 fully saturated rings. The fraction of sp³-hybridized carbons (Fsp3) is 0.636. The largest absolute Gasteiger partial charge is 0.390 e. The topological polar surface area (TPSA) is 163 Å². The summed E-state index contributed by atoms with van der Waals surface area (Å²) in [5.41, 5.74) is 0.798. The highest BCUT2D eigenvalue weighted by atomic mass is 31.2. The molecule has 3 rings (SSSR count). The van der Waals surface area contributed by atoms with Gasteiger partial charge < -0.3 is 34.7 Å². The summed E-state index contributed by atoms with van der Waals surface area (Å²) in [7, 11) is -1.07. The van der Waals surface area contributed by atoms with E-state index in [-0.39, 0.29) is 30.8 Å². The van der Waals surface area contributed by atoms with Gasteiger partial charge in [-0.05, 0) is 38.7 Å². The number of rotatable bonds is 16. The normalized spacial score (nSPS) is 17.0. The molecule has 4 atom stereocenters. The second-order valence-electron chi connectivity index (χ2n) is 13.2. The summed E-state index contributed by atoms with van der Waals surface area (Å²) in [6.45, 7) is 7.03. The van der Waals surface area contributed by atoms with Gasteiger partial charge in [0.15, 0.2) is 0 Å². The van der Waals surface area contributed by atoms with Crippen LogP contribution in [0.25, 0.3) is 0 Å². The molecule has 1 aliphatic carbocycles. The van der Waals surface area contributed by atoms with Crippen LogP contribution in [0.2, 0.25) is 0 Å². The molecule has 12 nitrogen and oxygen atoms in total. The van der Waals surface area contributed by atoms with E-state index in [0.717, 1.165) is 37.7 Å². The van der Waals surface area contributed by atoms with Crippen LogP contribution >= 0.6 is 7.60 Å². The molecular weight excluding hydrogens is 609 g/mol. The zero-order valence-corrected chi connectivity index (χ0v) is 28.9. The number of aliphatic hydroxyl groups is 1. The highest BCUT2D eigenvalue weighted by Crippen LogP contribution is 2.47. The van der Waals surface area contributed by atoms with Crippen molar-refractivity contribution in [3.63, 3.8) is 0 Å². The van der Waals surface area contributed by atoms with Gasteiger partial charge >= 0.3 is 7.60 Å². The smallest absolute Gasteiger partial charge is 0.332 e. The number of aliphatic hydroxyl groups excluding tert-OH is 1. The van der Waals surface area contributed by atoms with Gasteiger partial charge in [-0.25, -0.2) is 4.98 Å². The number of imidazole rings is 1. The standard InChI is InChI=1S/C33H52N5O7P/c1-23(39)38(33(2,3)4)29(18-25-15-11-8-12-16-25)32(42)37-28(19-26-20-34-22-35-26)31(41)36-27(17-24-13-9-7-10-14-24)30(40)21-46(43,44-5)45-6/h8,11-12,15-16,20,22,24,27-30,40H,7,9-10,13-14,17-19,21H2,1-6H3,(H,34,35)(H,36,41)(H,37,42)/t27-,28-,29-,30-/m0/s1. The first-order valence-corrected chi connectivity index (χ1v) is 17.8. The molecule has 4 N–H and O–H groups in total. The predicted molar refractivity (Wildman–Crippen MR) is 176 cm³/mol. The molecule has 1 aromatic carbocycles. The van der Waals surface area contributed by atoms with Crippen molar-refractivity contribution in [2.45, 2.75) is 109 Å². The molecule has 0 spiro atoms. The molecule has 2 aromatic rings. The maximum absolute atomic E-state index is 14.2. The number of amides is 3. The Morgan fingerprint density at radius 1 is 1.04 bits per heavy atom. The molecule has 0 radical (unpaired) electrons. The molecule has 3 amide bonds. The second kappa shape index (κ2) is 17.2. The lowest BCUT2D eigenvalue weighted by atomic mass is 9.83. The summed E-state index contributed by atoms with van der Waals surface area (Å²) in [4.78, 5) is 49.8. The van der Waals surface area contributed by atoms with Crippen molar-refractivity contribution >= 4 is 25.3 Å². The highest BCUT2D eigenvalue weighted by molar-refractivity contribution is 7.53. The van der Waals surface area contributed by atoms with Crippen molar-refractivity contribution in [3.05, 3.63) is 54.1 Å². The summed E-state index contributed by atoms with van der Waals surface area (Å²) >= 11 is 0. The Morgan fingerprint density at radius 3 is 2.24 bits per heavy atom. The predicted octanol–water partition coefficient (Wildman–Crippen LogP) is 4.00. The lowest BCUT2D eigenvalue weighted by Gasteiger charge is -2.41. The van der Waals surface area contributed by atoms with Crippen LogP contribution in [0, 0.1) is 5.92 Å². The third-order valence-corrected chi connectivity index (χ3v) is 10.6. The van der Waals surface area contributed by atoms with E-state index in [2.05, 4.69) is 20.6 Å². The number of aromatic amines is 1. The third kappa shape index (κ3) is 11.0. The van der Waals surface area contributed by atoms with Crippen LogP contribution in [0.15, 0.2) is 42.9 Å². The summed E-state index contributed by atoms with van der Waals surface area (Å²) in [6, 6.07) is 6.67. The van der Waals surface area contributed by atoms with E-state index in [4.69, 9.17) is 9.05 Å². The molecule has 46 heavy (non-hydrogen) atoms. The molecule has 1 aromatic heterocycles. The average Bonchev–Trinajstić information content (AvgIpc) is 3.53. The van der Waals surface area contributed by atoms with Crippen molar-refractivity contribution in [3.8, 4) is 0 Å². The van der Waals surface area contributed by atoms with Crippen LogP contribution in [-0.2, 0) is 40.8 Å². The van der Waals surface area contributed by atoms with E-state index >= 15 is 0 Å². The average molecular weight is 662 g/mol. The number of nitrogens with zero attached hydrogens (tertiary/aromatic N) is 2. The minimum absolute atomic E-state index is 0.0894. The van der Waals surface area contributed by atoms with Gasteiger partial charge in [0, 0.05) is 51.4 Å². The Bertz CT molecular complexity index is 1290. The van der Waals surface area contributed by atoms with E-state index in [9.17, 15) is 24.1 Å². The van der Waals surface area contributed by atoms with Crippen LogP contribution in [0.1, 0.15) is 77.5 Å². The van der Waals surface area contributed by atoms with E-state index in [1.165, 1.54) is 27.5 Å². The summed E-state index contributed by atoms with van der Waals surface area (Å²) in [5, 5.41) is 17.2. The lowest BCUT2D eigenvalue weighted by molar-refractivity contribution is -0.145. The van der Waals surface area contributed by atoms with Crippen molar-refractivity contribution in [1.82, 2.24) is 25.5 Å². The number of hydrogen-bond donors (Lipinski definition) is 4. The Labute approximate surface area is 272 Å². The van der Waals surface area contributed by atoms with E-state index in [1.54, 1.807) is 11.1 Å². The van der Waals surface area contributed by atoms with E-state index in [0.29, 0.717) is 12.1 Å². The number of carbonyl (C=O) groups excluding carboxylic acids is 3. The number of carbonyl (C=O) groups is 3. The van der Waals surface area contributed by atoms with Gasteiger partial charge in [0.1, 0.15) is 12.1 Å². The quantitative estimate of drug-likeness (QED) is 0.196. The molecule has 1 aliphatic rings. The number of nitrogens with one attached hydrogen (secondary N) is 3. The fourth-order valence-electron chi connectivity index (χ4n) is 6.35. The second-order valence-corrected chi connectivity index (χ2v) is 15.5. The lowest BCUT2D eigenvalue weighted by Crippen LogP contribution is -2.61. The van der Waals surface area contributed by atoms with E-state index < -0.39 is 49.2 Å². The Kier molecular flexibility index (Phi) is 14.0. The Balaban J connectivity index is 1.92. The number of benzene rings is 1. The van der Waals surface area contributed by atoms with Crippen molar-refractivity contribution in [1.29, 1.82) is 0 Å². The van der Waals surface area contributed by atoms with Crippen LogP contribution in [0.3, 0.4) is 0 Å². The van der Waals surface area contributed by atoms with Gasteiger partial charge in [-0.3, -0.25) is 18.9 Å². The third-order valence-electron chi connectivity index (χ3n) is 8.63. The number of H-pyrrole nitrogens is 1. The minimum Gasteiger partial charge on any atom is -0.390 e. The Hall–Kier alpha value is -3.05. The monoisotopic (exact) mass is 661 g/mol. The molecular formula is C33H52N5O7P. The molecule has 256 valence electrons. The zero-order valence-electron chi connectivity index (χ0n) is 28.0. The molecule has 0 bridgehead atoms. The van der Waals surface area contributed by atoms with Gasteiger partial charge in [0.05, 0.1) is 24.6 Å². The van der Waals surface area contributed by atoms with Gasteiger partial charge in [0.25, 0.3) is 0 Å². The minimum atomic E-state index is -3.59.